The fourth-order valence-corrected chi connectivity index (χ4v) is 1.74. The Balaban J connectivity index is 2.15. The van der Waals surface area contributed by atoms with E-state index in [1.54, 1.807) is 6.20 Å². The third kappa shape index (κ3) is 3.30. The molecule has 1 aromatic heterocycles. The van der Waals surface area contributed by atoms with E-state index < -0.39 is 0 Å². The Bertz CT molecular complexity index is 526. The molecule has 4 heteroatoms. The minimum Gasteiger partial charge on any atom is -0.455 e. The molecule has 0 aliphatic carbocycles. The Morgan fingerprint density at radius 1 is 1.26 bits per heavy atom. The number of rotatable bonds is 5. The summed E-state index contributed by atoms with van der Waals surface area (Å²) >= 11 is 0. The number of hydrogen-bond acceptors (Lipinski definition) is 4. The van der Waals surface area contributed by atoms with Crippen molar-refractivity contribution in [2.24, 2.45) is 5.73 Å². The summed E-state index contributed by atoms with van der Waals surface area (Å²) < 4.78 is 5.71. The summed E-state index contributed by atoms with van der Waals surface area (Å²) in [6, 6.07) is 11.0. The quantitative estimate of drug-likeness (QED) is 0.865. The van der Waals surface area contributed by atoms with Gasteiger partial charge in [-0.05, 0) is 24.6 Å². The molecule has 0 saturated carbocycles. The number of aromatic nitrogens is 1. The van der Waals surface area contributed by atoms with Crippen molar-refractivity contribution >= 4 is 0 Å². The molecule has 0 spiro atoms. The molecule has 4 nitrogen and oxygen atoms in total. The zero-order chi connectivity index (χ0) is 13.7. The smallest absolute Gasteiger partial charge is 0.145 e. The molecule has 3 N–H and O–H groups in total. The average Bonchev–Trinajstić information content (AvgIpc) is 2.48. The normalized spacial score (nSPS) is 12.2. The van der Waals surface area contributed by atoms with Gasteiger partial charge in [0.15, 0.2) is 0 Å². The Hall–Kier alpha value is -1.91. The first-order valence-electron chi connectivity index (χ1n) is 6.32. The van der Waals surface area contributed by atoms with Gasteiger partial charge in [-0.25, -0.2) is 0 Å². The predicted molar refractivity (Wildman–Crippen MR) is 73.9 cm³/mol. The molecular formula is C15H18N2O2. The van der Waals surface area contributed by atoms with Crippen LogP contribution in [0, 0.1) is 0 Å². The van der Waals surface area contributed by atoms with Gasteiger partial charge in [0, 0.05) is 11.6 Å². The maximum Gasteiger partial charge on any atom is 0.145 e. The molecular weight excluding hydrogens is 240 g/mol. The molecule has 0 saturated heterocycles. The second kappa shape index (κ2) is 6.31. The van der Waals surface area contributed by atoms with Gasteiger partial charge in [0.25, 0.3) is 0 Å². The topological polar surface area (TPSA) is 68.4 Å². The summed E-state index contributed by atoms with van der Waals surface area (Å²) in [5.41, 5.74) is 7.51. The van der Waals surface area contributed by atoms with Crippen LogP contribution in [0.15, 0.2) is 42.6 Å². The molecule has 19 heavy (non-hydrogen) atoms. The zero-order valence-corrected chi connectivity index (χ0v) is 10.9. The minimum absolute atomic E-state index is 0.0428. The van der Waals surface area contributed by atoms with Crippen molar-refractivity contribution in [2.75, 3.05) is 0 Å². The van der Waals surface area contributed by atoms with E-state index in [9.17, 15) is 5.11 Å². The van der Waals surface area contributed by atoms with Gasteiger partial charge in [-0.3, -0.25) is 4.98 Å². The highest BCUT2D eigenvalue weighted by Crippen LogP contribution is 2.25. The van der Waals surface area contributed by atoms with Crippen molar-refractivity contribution in [3.8, 4) is 11.5 Å². The van der Waals surface area contributed by atoms with Gasteiger partial charge in [-0.2, -0.15) is 0 Å². The first-order valence-corrected chi connectivity index (χ1v) is 6.32. The first kappa shape index (κ1) is 13.5. The highest BCUT2D eigenvalue weighted by molar-refractivity contribution is 5.36. The molecule has 1 heterocycles. The van der Waals surface area contributed by atoms with Gasteiger partial charge in [-0.15, -0.1) is 0 Å². The molecule has 2 aromatic rings. The van der Waals surface area contributed by atoms with Gasteiger partial charge in [0.2, 0.25) is 0 Å². The second-order valence-corrected chi connectivity index (χ2v) is 4.30. The van der Waals surface area contributed by atoms with Gasteiger partial charge in [0.05, 0.1) is 18.5 Å². The van der Waals surface area contributed by atoms with Crippen LogP contribution in [0.3, 0.4) is 0 Å². The van der Waals surface area contributed by atoms with E-state index in [0.717, 1.165) is 17.7 Å². The largest absolute Gasteiger partial charge is 0.455 e. The SMILES string of the molecule is CC[C@@H](N)c1ccc(Oc2ccccc2CO)cn1. The molecule has 0 amide bonds. The Morgan fingerprint density at radius 3 is 2.68 bits per heavy atom. The number of benzene rings is 1. The molecule has 1 atom stereocenters. The number of aliphatic hydroxyl groups is 1. The van der Waals surface area contributed by atoms with Crippen LogP contribution in [-0.4, -0.2) is 10.1 Å². The van der Waals surface area contributed by atoms with E-state index in [2.05, 4.69) is 4.98 Å². The van der Waals surface area contributed by atoms with Crippen molar-refractivity contribution in [3.63, 3.8) is 0 Å². The van der Waals surface area contributed by atoms with Crippen molar-refractivity contribution in [3.05, 3.63) is 53.9 Å². The lowest BCUT2D eigenvalue weighted by Crippen LogP contribution is -2.10. The molecule has 2 rings (SSSR count). The molecule has 0 aliphatic heterocycles. The Morgan fingerprint density at radius 2 is 2.05 bits per heavy atom. The van der Waals surface area contributed by atoms with Gasteiger partial charge < -0.3 is 15.6 Å². The molecule has 0 aliphatic rings. The number of nitrogens with zero attached hydrogens (tertiary/aromatic N) is 1. The van der Waals surface area contributed by atoms with Crippen LogP contribution in [0.25, 0.3) is 0 Å². The highest BCUT2D eigenvalue weighted by Gasteiger charge is 2.06. The van der Waals surface area contributed by atoms with Crippen molar-refractivity contribution in [1.29, 1.82) is 0 Å². The standard InChI is InChI=1S/C15H18N2O2/c1-2-13(16)14-8-7-12(9-17-14)19-15-6-4-3-5-11(15)10-18/h3-9,13,18H,2,10,16H2,1H3/t13-/m1/s1. The number of hydrogen-bond donors (Lipinski definition) is 2. The summed E-state index contributed by atoms with van der Waals surface area (Å²) in [6.07, 6.45) is 2.50. The maximum absolute atomic E-state index is 9.23. The fraction of sp³-hybridized carbons (Fsp3) is 0.267. The summed E-state index contributed by atoms with van der Waals surface area (Å²) in [4.78, 5) is 4.29. The number of aliphatic hydroxyl groups excluding tert-OH is 1. The van der Waals surface area contributed by atoms with Crippen molar-refractivity contribution in [2.45, 2.75) is 26.0 Å². The molecule has 0 bridgehead atoms. The number of ether oxygens (including phenoxy) is 1. The number of para-hydroxylation sites is 1. The lowest BCUT2D eigenvalue weighted by Gasteiger charge is -2.11. The maximum atomic E-state index is 9.23. The van der Waals surface area contributed by atoms with Crippen LogP contribution >= 0.6 is 0 Å². The van der Waals surface area contributed by atoms with E-state index in [-0.39, 0.29) is 12.6 Å². The van der Waals surface area contributed by atoms with Gasteiger partial charge in [0.1, 0.15) is 11.5 Å². The lowest BCUT2D eigenvalue weighted by molar-refractivity contribution is 0.276. The van der Waals surface area contributed by atoms with Gasteiger partial charge >= 0.3 is 0 Å². The van der Waals surface area contributed by atoms with Crippen LogP contribution in [0.5, 0.6) is 11.5 Å². The second-order valence-electron chi connectivity index (χ2n) is 4.30. The summed E-state index contributed by atoms with van der Waals surface area (Å²) in [7, 11) is 0. The fourth-order valence-electron chi connectivity index (χ4n) is 1.74. The molecule has 0 radical (unpaired) electrons. The average molecular weight is 258 g/mol. The Kier molecular flexibility index (Phi) is 4.49. The van der Waals surface area contributed by atoms with Crippen LogP contribution in [0.1, 0.15) is 30.6 Å². The molecule has 100 valence electrons. The molecule has 0 fully saturated rings. The summed E-state index contributed by atoms with van der Waals surface area (Å²) in [6.45, 7) is 1.97. The third-order valence-electron chi connectivity index (χ3n) is 2.95. The number of nitrogens with two attached hydrogens (primary N) is 1. The van der Waals surface area contributed by atoms with Gasteiger partial charge in [-0.1, -0.05) is 25.1 Å². The molecule has 0 unspecified atom stereocenters. The first-order chi connectivity index (χ1) is 9.24. The van der Waals surface area contributed by atoms with Crippen LogP contribution < -0.4 is 10.5 Å². The summed E-state index contributed by atoms with van der Waals surface area (Å²) in [5, 5.41) is 9.23. The van der Waals surface area contributed by atoms with Crippen LogP contribution in [-0.2, 0) is 6.61 Å². The van der Waals surface area contributed by atoms with Crippen LogP contribution in [0.2, 0.25) is 0 Å². The van der Waals surface area contributed by atoms with E-state index in [4.69, 9.17) is 10.5 Å². The van der Waals surface area contributed by atoms with E-state index in [0.29, 0.717) is 11.5 Å². The van der Waals surface area contributed by atoms with E-state index in [1.807, 2.05) is 43.3 Å². The number of pyridine rings is 1. The summed E-state index contributed by atoms with van der Waals surface area (Å²) in [5.74, 6) is 1.27. The predicted octanol–water partition coefficient (Wildman–Crippen LogP) is 2.78. The lowest BCUT2D eigenvalue weighted by atomic mass is 10.1. The zero-order valence-electron chi connectivity index (χ0n) is 10.9. The Labute approximate surface area is 112 Å². The van der Waals surface area contributed by atoms with Crippen molar-refractivity contribution < 1.29 is 9.84 Å². The van der Waals surface area contributed by atoms with Crippen LogP contribution in [0.4, 0.5) is 0 Å². The third-order valence-corrected chi connectivity index (χ3v) is 2.95. The van der Waals surface area contributed by atoms with Crippen molar-refractivity contribution in [1.82, 2.24) is 4.98 Å². The highest BCUT2D eigenvalue weighted by atomic mass is 16.5. The van der Waals surface area contributed by atoms with E-state index >= 15 is 0 Å². The minimum atomic E-state index is -0.0532. The van der Waals surface area contributed by atoms with E-state index in [1.165, 1.54) is 0 Å². The molecule has 1 aromatic carbocycles. The monoisotopic (exact) mass is 258 g/mol.